The Morgan fingerprint density at radius 3 is 3.00 bits per heavy atom. The highest BCUT2D eigenvalue weighted by atomic mass is 16.5. The van der Waals surface area contributed by atoms with Crippen LogP contribution in [0.15, 0.2) is 28.8 Å². The van der Waals surface area contributed by atoms with Crippen molar-refractivity contribution in [3.8, 4) is 17.4 Å². The first-order chi connectivity index (χ1) is 13.2. The minimum atomic E-state index is -0.224. The number of imidazole rings is 1. The highest BCUT2D eigenvalue weighted by Crippen LogP contribution is 2.28. The summed E-state index contributed by atoms with van der Waals surface area (Å²) in [6.45, 7) is 0.734. The number of hydrogen-bond acceptors (Lipinski definition) is 7. The molecule has 2 aromatic heterocycles. The Hall–Kier alpha value is -3.20. The molecule has 4 rings (SSSR count). The molecule has 1 aliphatic rings. The van der Waals surface area contributed by atoms with Crippen molar-refractivity contribution in [1.82, 2.24) is 25.4 Å². The zero-order chi connectivity index (χ0) is 18.8. The average molecular weight is 369 g/mol. The monoisotopic (exact) mass is 369 g/mol. The van der Waals surface area contributed by atoms with E-state index in [1.54, 1.807) is 14.2 Å². The van der Waals surface area contributed by atoms with Gasteiger partial charge in [0, 0.05) is 25.3 Å². The first-order valence-corrected chi connectivity index (χ1v) is 8.51. The van der Waals surface area contributed by atoms with Crippen LogP contribution in [0.3, 0.4) is 0 Å². The molecule has 0 aliphatic carbocycles. The van der Waals surface area contributed by atoms with Crippen LogP contribution >= 0.6 is 0 Å². The third kappa shape index (κ3) is 3.41. The van der Waals surface area contributed by atoms with Gasteiger partial charge in [-0.1, -0.05) is 17.3 Å². The van der Waals surface area contributed by atoms with E-state index in [0.717, 1.165) is 17.0 Å². The highest BCUT2D eigenvalue weighted by molar-refractivity contribution is 5.94. The first kappa shape index (κ1) is 17.2. The van der Waals surface area contributed by atoms with Crippen LogP contribution < -0.4 is 10.1 Å². The number of carbonyl (C=O) groups is 1. The molecule has 3 aromatic rings. The van der Waals surface area contributed by atoms with Crippen LogP contribution in [0.4, 0.5) is 0 Å². The second-order valence-corrected chi connectivity index (χ2v) is 6.24. The lowest BCUT2D eigenvalue weighted by Crippen LogP contribution is -2.26. The Labute approximate surface area is 155 Å². The fourth-order valence-electron chi connectivity index (χ4n) is 3.13. The van der Waals surface area contributed by atoms with Gasteiger partial charge in [-0.2, -0.15) is 4.98 Å². The SMILES string of the molecule is COCc1nc(-c2nc3c([nH]2)C[C@@H](c2cccc(OC)c2)CNC3=O)no1. The van der Waals surface area contributed by atoms with Gasteiger partial charge in [0.2, 0.25) is 5.82 Å². The van der Waals surface area contributed by atoms with E-state index in [9.17, 15) is 4.79 Å². The molecule has 9 nitrogen and oxygen atoms in total. The van der Waals surface area contributed by atoms with E-state index < -0.39 is 0 Å². The molecule has 0 spiro atoms. The highest BCUT2D eigenvalue weighted by Gasteiger charge is 2.27. The maximum absolute atomic E-state index is 12.5. The summed E-state index contributed by atoms with van der Waals surface area (Å²) >= 11 is 0. The van der Waals surface area contributed by atoms with E-state index in [0.29, 0.717) is 36.2 Å². The molecule has 0 bridgehead atoms. The molecule has 1 aromatic carbocycles. The lowest BCUT2D eigenvalue weighted by molar-refractivity contribution is 0.0950. The van der Waals surface area contributed by atoms with Crippen molar-refractivity contribution < 1.29 is 18.8 Å². The summed E-state index contributed by atoms with van der Waals surface area (Å²) < 4.78 is 15.4. The Morgan fingerprint density at radius 2 is 2.19 bits per heavy atom. The number of rotatable bonds is 5. The number of H-pyrrole nitrogens is 1. The normalized spacial score (nSPS) is 16.5. The van der Waals surface area contributed by atoms with Gasteiger partial charge in [-0.25, -0.2) is 4.98 Å². The third-order valence-corrected chi connectivity index (χ3v) is 4.47. The van der Waals surface area contributed by atoms with Gasteiger partial charge in [-0.3, -0.25) is 4.79 Å². The van der Waals surface area contributed by atoms with Crippen LogP contribution in [0.5, 0.6) is 5.75 Å². The zero-order valence-electron chi connectivity index (χ0n) is 15.0. The van der Waals surface area contributed by atoms with E-state index in [-0.39, 0.29) is 18.4 Å². The summed E-state index contributed by atoms with van der Waals surface area (Å²) in [5.41, 5.74) is 2.18. The molecule has 140 valence electrons. The van der Waals surface area contributed by atoms with Crippen molar-refractivity contribution in [2.75, 3.05) is 20.8 Å². The quantitative estimate of drug-likeness (QED) is 0.703. The Morgan fingerprint density at radius 1 is 1.30 bits per heavy atom. The van der Waals surface area contributed by atoms with Gasteiger partial charge in [0.25, 0.3) is 11.8 Å². The molecule has 1 aliphatic heterocycles. The van der Waals surface area contributed by atoms with E-state index in [1.165, 1.54) is 0 Å². The lowest BCUT2D eigenvalue weighted by Gasteiger charge is -2.15. The van der Waals surface area contributed by atoms with Gasteiger partial charge in [-0.05, 0) is 24.1 Å². The number of nitrogens with one attached hydrogen (secondary N) is 2. The topological polar surface area (TPSA) is 115 Å². The van der Waals surface area contributed by atoms with Gasteiger partial charge in [-0.15, -0.1) is 0 Å². The van der Waals surface area contributed by atoms with Gasteiger partial charge < -0.3 is 24.3 Å². The summed E-state index contributed by atoms with van der Waals surface area (Å²) in [5, 5.41) is 6.82. The van der Waals surface area contributed by atoms with Crippen LogP contribution in [-0.2, 0) is 17.8 Å². The van der Waals surface area contributed by atoms with Gasteiger partial charge in [0.1, 0.15) is 18.1 Å². The average Bonchev–Trinajstić information content (AvgIpc) is 3.29. The van der Waals surface area contributed by atoms with Crippen molar-refractivity contribution >= 4 is 5.91 Å². The van der Waals surface area contributed by atoms with E-state index in [2.05, 4.69) is 25.4 Å². The van der Waals surface area contributed by atoms with Crippen molar-refractivity contribution in [2.45, 2.75) is 18.9 Å². The van der Waals surface area contributed by atoms with Gasteiger partial charge in [0.05, 0.1) is 7.11 Å². The van der Waals surface area contributed by atoms with Gasteiger partial charge >= 0.3 is 0 Å². The fraction of sp³-hybridized carbons (Fsp3) is 0.333. The van der Waals surface area contributed by atoms with Crippen LogP contribution in [0.1, 0.15) is 33.6 Å². The molecule has 1 atom stereocenters. The Bertz CT molecular complexity index is 964. The molecule has 1 amide bonds. The van der Waals surface area contributed by atoms with Crippen LogP contribution in [0.2, 0.25) is 0 Å². The molecule has 0 radical (unpaired) electrons. The summed E-state index contributed by atoms with van der Waals surface area (Å²) in [6, 6.07) is 7.84. The molecule has 2 N–H and O–H groups in total. The number of methoxy groups -OCH3 is 2. The minimum absolute atomic E-state index is 0.0907. The third-order valence-electron chi connectivity index (χ3n) is 4.47. The minimum Gasteiger partial charge on any atom is -0.497 e. The molecule has 0 unspecified atom stereocenters. The van der Waals surface area contributed by atoms with Crippen LogP contribution in [-0.4, -0.2) is 46.8 Å². The van der Waals surface area contributed by atoms with Crippen molar-refractivity contribution in [3.63, 3.8) is 0 Å². The predicted molar refractivity (Wildman–Crippen MR) is 94.4 cm³/mol. The van der Waals surface area contributed by atoms with Crippen molar-refractivity contribution in [2.24, 2.45) is 0 Å². The van der Waals surface area contributed by atoms with E-state index in [1.807, 2.05) is 24.3 Å². The summed E-state index contributed by atoms with van der Waals surface area (Å²) in [5.74, 6) is 1.68. The van der Waals surface area contributed by atoms with E-state index >= 15 is 0 Å². The second-order valence-electron chi connectivity index (χ2n) is 6.24. The van der Waals surface area contributed by atoms with Gasteiger partial charge in [0.15, 0.2) is 5.82 Å². The predicted octanol–water partition coefficient (Wildman–Crippen LogP) is 1.68. The van der Waals surface area contributed by atoms with Crippen molar-refractivity contribution in [1.29, 1.82) is 0 Å². The summed E-state index contributed by atoms with van der Waals surface area (Å²) in [7, 11) is 3.18. The number of carbonyl (C=O) groups excluding carboxylic acids is 1. The van der Waals surface area contributed by atoms with E-state index in [4.69, 9.17) is 14.0 Å². The fourth-order valence-corrected chi connectivity index (χ4v) is 3.13. The number of fused-ring (bicyclic) bond motifs is 1. The number of amides is 1. The Balaban J connectivity index is 1.64. The number of nitrogens with zero attached hydrogens (tertiary/aromatic N) is 3. The maximum Gasteiger partial charge on any atom is 0.271 e. The lowest BCUT2D eigenvalue weighted by atomic mass is 9.94. The number of aromatic nitrogens is 4. The zero-order valence-corrected chi connectivity index (χ0v) is 15.0. The number of hydrogen-bond donors (Lipinski definition) is 2. The molecule has 0 saturated heterocycles. The van der Waals surface area contributed by atoms with Crippen LogP contribution in [0, 0.1) is 0 Å². The molecule has 0 saturated carbocycles. The standard InChI is InChI=1S/C18H19N5O4/c1-25-9-14-21-17(23-27-14)16-20-13-7-11(8-19-18(24)15(13)22-16)10-4-3-5-12(6-10)26-2/h3-6,11H,7-9H2,1-2H3,(H,19,24)(H,20,22)/t11-/m1/s1. The van der Waals surface area contributed by atoms with Crippen molar-refractivity contribution in [3.05, 3.63) is 47.1 Å². The summed E-state index contributed by atoms with van der Waals surface area (Å²) in [4.78, 5) is 24.2. The molecule has 3 heterocycles. The maximum atomic E-state index is 12.5. The largest absolute Gasteiger partial charge is 0.497 e. The summed E-state index contributed by atoms with van der Waals surface area (Å²) in [6.07, 6.45) is 0.622. The number of benzene rings is 1. The molecular weight excluding hydrogens is 350 g/mol. The second kappa shape index (κ2) is 7.20. The number of ether oxygens (including phenoxy) is 2. The molecule has 0 fully saturated rings. The smallest absolute Gasteiger partial charge is 0.271 e. The molecule has 27 heavy (non-hydrogen) atoms. The first-order valence-electron chi connectivity index (χ1n) is 8.51. The number of aromatic amines is 1. The Kier molecular flexibility index (Phi) is 4.59. The molecular formula is C18H19N5O4. The molecule has 9 heteroatoms. The van der Waals surface area contributed by atoms with Crippen LogP contribution in [0.25, 0.3) is 11.6 Å².